The molecule has 5 nitrogen and oxygen atoms in total. The molecule has 1 aromatic rings. The second-order valence-corrected chi connectivity index (χ2v) is 5.41. The lowest BCUT2D eigenvalue weighted by Gasteiger charge is -2.34. The van der Waals surface area contributed by atoms with Crippen LogP contribution in [0.3, 0.4) is 0 Å². The van der Waals surface area contributed by atoms with Crippen LogP contribution in [0.1, 0.15) is 23.7 Å². The molecule has 2 atom stereocenters. The van der Waals surface area contributed by atoms with Crippen LogP contribution >= 0.6 is 0 Å². The average molecular weight is 275 g/mol. The highest BCUT2D eigenvalue weighted by Gasteiger charge is 2.24. The number of hydrogen-bond donors (Lipinski definition) is 2. The summed E-state index contributed by atoms with van der Waals surface area (Å²) >= 11 is 0. The van der Waals surface area contributed by atoms with E-state index in [0.717, 1.165) is 13.0 Å². The summed E-state index contributed by atoms with van der Waals surface area (Å²) in [5.41, 5.74) is 6.49. The Morgan fingerprint density at radius 2 is 2.05 bits per heavy atom. The van der Waals surface area contributed by atoms with Crippen LogP contribution in [0.15, 0.2) is 30.3 Å². The van der Waals surface area contributed by atoms with Crippen LogP contribution in [0.2, 0.25) is 0 Å². The summed E-state index contributed by atoms with van der Waals surface area (Å²) in [5, 5.41) is 2.41. The number of carbonyl (C=O) groups excluding carboxylic acids is 2. The fraction of sp³-hybridized carbons (Fsp3) is 0.467. The molecule has 108 valence electrons. The van der Waals surface area contributed by atoms with Gasteiger partial charge in [0.25, 0.3) is 5.91 Å². The zero-order chi connectivity index (χ0) is 14.5. The van der Waals surface area contributed by atoms with Gasteiger partial charge in [0.05, 0.1) is 6.54 Å². The maximum atomic E-state index is 11.9. The Balaban J connectivity index is 1.82. The van der Waals surface area contributed by atoms with Gasteiger partial charge in [-0.2, -0.15) is 0 Å². The molecule has 1 fully saturated rings. The summed E-state index contributed by atoms with van der Waals surface area (Å²) < 4.78 is 0. The number of rotatable bonds is 3. The first-order valence-corrected chi connectivity index (χ1v) is 6.93. The Morgan fingerprint density at radius 1 is 1.35 bits per heavy atom. The maximum Gasteiger partial charge on any atom is 0.257 e. The molecule has 1 aliphatic heterocycles. The minimum Gasteiger partial charge on any atom is -0.326 e. The molecule has 0 aliphatic carbocycles. The summed E-state index contributed by atoms with van der Waals surface area (Å²) in [4.78, 5) is 25.7. The van der Waals surface area contributed by atoms with Crippen molar-refractivity contribution in [3.8, 4) is 0 Å². The lowest BCUT2D eigenvalue weighted by Crippen LogP contribution is -2.50. The van der Waals surface area contributed by atoms with E-state index in [-0.39, 0.29) is 24.4 Å². The smallest absolute Gasteiger partial charge is 0.257 e. The van der Waals surface area contributed by atoms with Crippen LogP contribution in [0.5, 0.6) is 0 Å². The van der Waals surface area contributed by atoms with Gasteiger partial charge in [0.15, 0.2) is 0 Å². The van der Waals surface area contributed by atoms with Crippen LogP contribution in [-0.4, -0.2) is 42.4 Å². The first-order chi connectivity index (χ1) is 9.56. The molecular weight excluding hydrogens is 254 g/mol. The van der Waals surface area contributed by atoms with Crippen molar-refractivity contribution in [2.75, 3.05) is 19.6 Å². The maximum absolute atomic E-state index is 11.9. The van der Waals surface area contributed by atoms with E-state index in [1.165, 1.54) is 0 Å². The Morgan fingerprint density at radius 3 is 2.70 bits per heavy atom. The van der Waals surface area contributed by atoms with Crippen molar-refractivity contribution < 1.29 is 9.59 Å². The third-order valence-corrected chi connectivity index (χ3v) is 3.76. The van der Waals surface area contributed by atoms with Crippen molar-refractivity contribution in [3.63, 3.8) is 0 Å². The van der Waals surface area contributed by atoms with Gasteiger partial charge in [-0.25, -0.2) is 0 Å². The molecule has 1 saturated heterocycles. The van der Waals surface area contributed by atoms with E-state index in [0.29, 0.717) is 18.0 Å². The highest BCUT2D eigenvalue weighted by atomic mass is 16.2. The Hall–Kier alpha value is -1.72. The Kier molecular flexibility index (Phi) is 4.87. The molecule has 5 heteroatoms. The van der Waals surface area contributed by atoms with Crippen LogP contribution in [0.25, 0.3) is 0 Å². The number of piperidine rings is 1. The van der Waals surface area contributed by atoms with Crippen molar-refractivity contribution in [3.05, 3.63) is 35.9 Å². The van der Waals surface area contributed by atoms with Gasteiger partial charge in [-0.05, 0) is 31.0 Å². The summed E-state index contributed by atoms with van der Waals surface area (Å²) in [5.74, 6) is -0.147. The van der Waals surface area contributed by atoms with Gasteiger partial charge in [0.2, 0.25) is 5.91 Å². The largest absolute Gasteiger partial charge is 0.326 e. The molecule has 0 bridgehead atoms. The van der Waals surface area contributed by atoms with Gasteiger partial charge >= 0.3 is 0 Å². The lowest BCUT2D eigenvalue weighted by molar-refractivity contribution is -0.121. The second-order valence-electron chi connectivity index (χ2n) is 5.41. The molecule has 2 unspecified atom stereocenters. The summed E-state index contributed by atoms with van der Waals surface area (Å²) in [7, 11) is 0. The van der Waals surface area contributed by atoms with Gasteiger partial charge in [-0.1, -0.05) is 25.1 Å². The molecule has 1 heterocycles. The number of hydrogen-bond acceptors (Lipinski definition) is 4. The fourth-order valence-electron chi connectivity index (χ4n) is 2.34. The van der Waals surface area contributed by atoms with E-state index in [4.69, 9.17) is 5.73 Å². The van der Waals surface area contributed by atoms with E-state index in [9.17, 15) is 9.59 Å². The van der Waals surface area contributed by atoms with E-state index in [2.05, 4.69) is 12.2 Å². The molecule has 0 saturated carbocycles. The summed E-state index contributed by atoms with van der Waals surface area (Å²) in [6.45, 7) is 3.90. The SMILES string of the molecule is CC1CCN(CC(=O)NC(=O)c2ccccc2)CC1N. The van der Waals surface area contributed by atoms with Gasteiger partial charge in [0, 0.05) is 18.2 Å². The second kappa shape index (κ2) is 6.63. The Bertz CT molecular complexity index is 475. The van der Waals surface area contributed by atoms with Crippen LogP contribution in [-0.2, 0) is 4.79 Å². The highest BCUT2D eigenvalue weighted by molar-refractivity contribution is 6.05. The molecule has 20 heavy (non-hydrogen) atoms. The number of benzene rings is 1. The van der Waals surface area contributed by atoms with Crippen molar-refractivity contribution >= 4 is 11.8 Å². The zero-order valence-corrected chi connectivity index (χ0v) is 11.7. The Labute approximate surface area is 119 Å². The first-order valence-electron chi connectivity index (χ1n) is 6.93. The minimum atomic E-state index is -0.356. The molecular formula is C15H21N3O2. The zero-order valence-electron chi connectivity index (χ0n) is 11.7. The van der Waals surface area contributed by atoms with E-state index >= 15 is 0 Å². The third kappa shape index (κ3) is 3.88. The number of imide groups is 1. The molecule has 2 amide bonds. The van der Waals surface area contributed by atoms with Gasteiger partial charge < -0.3 is 5.73 Å². The lowest BCUT2D eigenvalue weighted by atomic mass is 9.94. The first kappa shape index (κ1) is 14.7. The molecule has 1 aromatic carbocycles. The molecule has 1 aliphatic rings. The van der Waals surface area contributed by atoms with Gasteiger partial charge in [-0.3, -0.25) is 19.8 Å². The quantitative estimate of drug-likeness (QED) is 0.847. The molecule has 3 N–H and O–H groups in total. The van der Waals surface area contributed by atoms with E-state index < -0.39 is 0 Å². The number of likely N-dealkylation sites (tertiary alicyclic amines) is 1. The number of nitrogens with zero attached hydrogens (tertiary/aromatic N) is 1. The van der Waals surface area contributed by atoms with Crippen molar-refractivity contribution in [2.45, 2.75) is 19.4 Å². The van der Waals surface area contributed by atoms with E-state index in [1.807, 2.05) is 11.0 Å². The van der Waals surface area contributed by atoms with E-state index in [1.54, 1.807) is 24.3 Å². The van der Waals surface area contributed by atoms with Gasteiger partial charge in [-0.15, -0.1) is 0 Å². The van der Waals surface area contributed by atoms with Crippen LogP contribution < -0.4 is 11.1 Å². The van der Waals surface area contributed by atoms with Crippen molar-refractivity contribution in [2.24, 2.45) is 11.7 Å². The normalized spacial score (nSPS) is 23.3. The topological polar surface area (TPSA) is 75.4 Å². The predicted molar refractivity (Wildman–Crippen MR) is 77.1 cm³/mol. The highest BCUT2D eigenvalue weighted by Crippen LogP contribution is 2.14. The molecule has 0 spiro atoms. The molecule has 0 aromatic heterocycles. The number of carbonyl (C=O) groups is 2. The average Bonchev–Trinajstić information content (AvgIpc) is 2.44. The van der Waals surface area contributed by atoms with Crippen LogP contribution in [0.4, 0.5) is 0 Å². The summed E-state index contributed by atoms with van der Waals surface area (Å²) in [6.07, 6.45) is 0.987. The number of nitrogens with two attached hydrogens (primary N) is 1. The van der Waals surface area contributed by atoms with Gasteiger partial charge in [0.1, 0.15) is 0 Å². The summed E-state index contributed by atoms with van der Waals surface area (Å²) in [6, 6.07) is 8.83. The van der Waals surface area contributed by atoms with Crippen molar-refractivity contribution in [1.29, 1.82) is 0 Å². The van der Waals surface area contributed by atoms with Crippen molar-refractivity contribution in [1.82, 2.24) is 10.2 Å². The molecule has 2 rings (SSSR count). The monoisotopic (exact) mass is 275 g/mol. The third-order valence-electron chi connectivity index (χ3n) is 3.76. The molecule has 0 radical (unpaired) electrons. The predicted octanol–water partition coefficient (Wildman–Crippen LogP) is 0.612. The fourth-order valence-corrected chi connectivity index (χ4v) is 2.34. The van der Waals surface area contributed by atoms with Crippen LogP contribution in [0, 0.1) is 5.92 Å². The minimum absolute atomic E-state index is 0.0985. The standard InChI is InChI=1S/C15H21N3O2/c1-11-7-8-18(9-13(11)16)10-14(19)17-15(20)12-5-3-2-4-6-12/h2-6,11,13H,7-10,16H2,1H3,(H,17,19,20). The number of nitrogens with one attached hydrogen (secondary N) is 1. The number of amides is 2.